The second-order valence-electron chi connectivity index (χ2n) is 8.58. The fourth-order valence-corrected chi connectivity index (χ4v) is 5.47. The Bertz CT molecular complexity index is 1740. The predicted octanol–water partition coefficient (Wildman–Crippen LogP) is 8.67. The molecule has 187 valence electrons. The zero-order valence-electron chi connectivity index (χ0n) is 20.5. The molecule has 6 aromatic rings. The van der Waals surface area contributed by atoms with E-state index in [1.54, 1.807) is 11.3 Å². The zero-order valence-corrected chi connectivity index (χ0v) is 23.7. The Balaban J connectivity index is 0.000000356. The summed E-state index contributed by atoms with van der Waals surface area (Å²) in [4.78, 5) is 16.1. The van der Waals surface area contributed by atoms with Crippen LogP contribution in [0.5, 0.6) is 0 Å². The fraction of sp³-hybridized carbons (Fsp3) is 0.0968. The van der Waals surface area contributed by atoms with Gasteiger partial charge in [-0.25, -0.2) is 0 Å². The molecule has 0 bridgehead atoms. The largest absolute Gasteiger partial charge is 0.512 e. The Hall–Kier alpha value is -3.57. The molecule has 6 heteroatoms. The first-order chi connectivity index (χ1) is 17.4. The average Bonchev–Trinajstić information content (AvgIpc) is 3.41. The molecular formula is C31H24IrNO3S-. The summed E-state index contributed by atoms with van der Waals surface area (Å²) in [6.45, 7) is 5.04. The number of furan rings is 1. The van der Waals surface area contributed by atoms with E-state index in [0.29, 0.717) is 0 Å². The van der Waals surface area contributed by atoms with E-state index in [1.165, 1.54) is 46.0 Å². The minimum atomic E-state index is -0.125. The maximum absolute atomic E-state index is 10.0. The Morgan fingerprint density at radius 3 is 2.43 bits per heavy atom. The van der Waals surface area contributed by atoms with Crippen LogP contribution < -0.4 is 0 Å². The Morgan fingerprint density at radius 1 is 1.00 bits per heavy atom. The third kappa shape index (κ3) is 5.42. The van der Waals surface area contributed by atoms with Crippen molar-refractivity contribution in [2.75, 3.05) is 0 Å². The molecule has 4 nitrogen and oxygen atoms in total. The number of aromatic nitrogens is 1. The number of ketones is 1. The molecule has 3 aromatic heterocycles. The number of hydrogen-bond acceptors (Lipinski definition) is 5. The second kappa shape index (κ2) is 11.2. The van der Waals surface area contributed by atoms with Crippen molar-refractivity contribution in [2.45, 2.75) is 20.8 Å². The number of thiophene rings is 1. The number of carbonyl (C=O) groups is 1. The van der Waals surface area contributed by atoms with E-state index >= 15 is 0 Å². The molecule has 1 radical (unpaired) electrons. The van der Waals surface area contributed by atoms with Gasteiger partial charge in [0.05, 0.1) is 16.0 Å². The quantitative estimate of drug-likeness (QED) is 0.115. The van der Waals surface area contributed by atoms with E-state index in [9.17, 15) is 4.79 Å². The van der Waals surface area contributed by atoms with Crippen LogP contribution in [0.3, 0.4) is 0 Å². The van der Waals surface area contributed by atoms with Crippen LogP contribution in [0.15, 0.2) is 95.2 Å². The molecule has 0 spiro atoms. The van der Waals surface area contributed by atoms with E-state index in [4.69, 9.17) is 14.5 Å². The number of aryl methyl sites for hydroxylation is 1. The van der Waals surface area contributed by atoms with Crippen LogP contribution in [0, 0.1) is 13.0 Å². The van der Waals surface area contributed by atoms with Crippen LogP contribution in [-0.4, -0.2) is 15.9 Å². The number of aliphatic hydroxyl groups excluding tert-OH is 1. The Kier molecular flexibility index (Phi) is 8.03. The monoisotopic (exact) mass is 683 g/mol. The van der Waals surface area contributed by atoms with Gasteiger partial charge in [-0.05, 0) is 49.0 Å². The Labute approximate surface area is 232 Å². The van der Waals surface area contributed by atoms with E-state index in [-0.39, 0.29) is 31.6 Å². The maximum Gasteiger partial charge on any atom is 0.155 e. The van der Waals surface area contributed by atoms with Gasteiger partial charge in [-0.1, -0.05) is 65.5 Å². The number of aliphatic hydroxyl groups is 1. The van der Waals surface area contributed by atoms with Gasteiger partial charge in [0.25, 0.3) is 0 Å². The molecule has 0 aliphatic rings. The van der Waals surface area contributed by atoms with Gasteiger partial charge in [0.15, 0.2) is 5.78 Å². The molecule has 0 fully saturated rings. The normalized spacial score (nSPS) is 11.3. The summed E-state index contributed by atoms with van der Waals surface area (Å²) < 4.78 is 7.38. The molecule has 37 heavy (non-hydrogen) atoms. The van der Waals surface area contributed by atoms with E-state index in [0.717, 1.165) is 33.2 Å². The van der Waals surface area contributed by atoms with Gasteiger partial charge in [0.1, 0.15) is 5.58 Å². The van der Waals surface area contributed by atoms with Gasteiger partial charge in [-0.15, -0.1) is 29.5 Å². The van der Waals surface area contributed by atoms with E-state index in [2.05, 4.69) is 61.5 Å². The van der Waals surface area contributed by atoms with E-state index < -0.39 is 0 Å². The first kappa shape index (κ1) is 26.5. The predicted molar refractivity (Wildman–Crippen MR) is 148 cm³/mol. The summed E-state index contributed by atoms with van der Waals surface area (Å²) in [5.41, 5.74) is 6.07. The van der Waals surface area contributed by atoms with Crippen LogP contribution >= 0.6 is 11.3 Å². The smallest absolute Gasteiger partial charge is 0.155 e. The molecule has 0 saturated heterocycles. The third-order valence-electron chi connectivity index (χ3n) is 5.87. The van der Waals surface area contributed by atoms with Crippen LogP contribution in [-0.2, 0) is 24.9 Å². The van der Waals surface area contributed by atoms with Crippen molar-refractivity contribution >= 4 is 49.1 Å². The molecular weight excluding hydrogens is 659 g/mol. The summed E-state index contributed by atoms with van der Waals surface area (Å²) in [5, 5.41) is 11.8. The summed E-state index contributed by atoms with van der Waals surface area (Å²) in [7, 11) is 0. The van der Waals surface area contributed by atoms with Gasteiger partial charge in [-0.3, -0.25) is 4.79 Å². The van der Waals surface area contributed by atoms with Gasteiger partial charge < -0.3 is 14.5 Å². The van der Waals surface area contributed by atoms with Crippen LogP contribution in [0.4, 0.5) is 0 Å². The number of carbonyl (C=O) groups excluding carboxylic acids is 1. The fourth-order valence-electron chi connectivity index (χ4n) is 4.30. The topological polar surface area (TPSA) is 63.3 Å². The molecule has 1 N–H and O–H groups in total. The standard InChI is InChI=1S/C26H16NOS.C5H8O2.Ir/c1-16-21-14-22(27-15-24(21)29-26(16)17-8-3-2-4-9-17)20-12-7-11-19-18-10-5-6-13-23(18)28-25(19)20;1-4(6)3-5(2)7;/h2-11,13-15H,1H3;3,6H,1-2H3;/q-1;;/b;4-3-;. The molecule has 0 aliphatic heterocycles. The molecule has 3 heterocycles. The van der Waals surface area contributed by atoms with Crippen molar-refractivity contribution in [3.63, 3.8) is 0 Å². The van der Waals surface area contributed by atoms with Crippen LogP contribution in [0.1, 0.15) is 19.4 Å². The Morgan fingerprint density at radius 2 is 1.73 bits per heavy atom. The molecule has 0 unspecified atom stereocenters. The number of benzene rings is 3. The van der Waals surface area contributed by atoms with Gasteiger partial charge in [0, 0.05) is 42.6 Å². The van der Waals surface area contributed by atoms with Crippen LogP contribution in [0.2, 0.25) is 0 Å². The summed E-state index contributed by atoms with van der Waals surface area (Å²) in [6, 6.07) is 28.2. The number of nitrogens with zero attached hydrogens (tertiary/aromatic N) is 1. The van der Waals surface area contributed by atoms with Crippen molar-refractivity contribution in [1.82, 2.24) is 4.98 Å². The first-order valence-corrected chi connectivity index (χ1v) is 12.4. The van der Waals surface area contributed by atoms with Gasteiger partial charge in [-0.2, -0.15) is 0 Å². The zero-order chi connectivity index (χ0) is 25.2. The number of rotatable bonds is 3. The average molecular weight is 683 g/mol. The number of allylic oxidation sites excluding steroid dienone is 2. The van der Waals surface area contributed by atoms with Crippen molar-refractivity contribution in [3.05, 3.63) is 102 Å². The molecule has 6 rings (SSSR count). The second-order valence-corrected chi connectivity index (χ2v) is 9.63. The molecule has 0 aliphatic carbocycles. The molecule has 0 saturated carbocycles. The van der Waals surface area contributed by atoms with Crippen molar-refractivity contribution in [3.8, 4) is 21.7 Å². The third-order valence-corrected chi connectivity index (χ3v) is 7.16. The SMILES string of the molecule is CC(=O)/C=C(/C)O.Cc1c(-c2ccccc2)sc2cnc(-c3[c-]ccc4c3oc3ccccc34)cc12.[Ir]. The first-order valence-electron chi connectivity index (χ1n) is 11.6. The number of fused-ring (bicyclic) bond motifs is 4. The maximum atomic E-state index is 10.0. The molecule has 0 amide bonds. The minimum absolute atomic E-state index is 0. The summed E-state index contributed by atoms with van der Waals surface area (Å²) >= 11 is 1.79. The van der Waals surface area contributed by atoms with Gasteiger partial charge in [0.2, 0.25) is 0 Å². The number of hydrogen-bond donors (Lipinski definition) is 1. The van der Waals surface area contributed by atoms with Gasteiger partial charge >= 0.3 is 0 Å². The van der Waals surface area contributed by atoms with Crippen molar-refractivity contribution < 1.29 is 34.4 Å². The number of pyridine rings is 1. The molecule has 3 aromatic carbocycles. The van der Waals surface area contributed by atoms with Crippen molar-refractivity contribution in [2.24, 2.45) is 0 Å². The van der Waals surface area contributed by atoms with E-state index in [1.807, 2.05) is 30.5 Å². The summed E-state index contributed by atoms with van der Waals surface area (Å²) in [6.07, 6.45) is 3.14. The molecule has 0 atom stereocenters. The van der Waals surface area contributed by atoms with Crippen LogP contribution in [0.25, 0.3) is 53.7 Å². The summed E-state index contributed by atoms with van der Waals surface area (Å²) in [5.74, 6) is -0.0625. The number of para-hydroxylation sites is 1. The minimum Gasteiger partial charge on any atom is -0.512 e. The van der Waals surface area contributed by atoms with Crippen molar-refractivity contribution in [1.29, 1.82) is 0 Å².